The number of amides is 2. The Labute approximate surface area is 109 Å². The molecule has 0 heterocycles. The molecule has 1 rings (SSSR count). The molecule has 18 heavy (non-hydrogen) atoms. The van der Waals surface area contributed by atoms with Crippen LogP contribution in [-0.2, 0) is 6.54 Å². The molecular formula is C14H23N3O. The Morgan fingerprint density at radius 1 is 1.22 bits per heavy atom. The molecule has 0 fully saturated rings. The second-order valence-corrected chi connectivity index (χ2v) is 4.94. The molecule has 0 aliphatic carbocycles. The first-order valence-corrected chi connectivity index (χ1v) is 6.39. The molecule has 1 atom stereocenters. The van der Waals surface area contributed by atoms with E-state index >= 15 is 0 Å². The minimum Gasteiger partial charge on any atom is -0.337 e. The quantitative estimate of drug-likeness (QED) is 0.720. The maximum absolute atomic E-state index is 11.5. The van der Waals surface area contributed by atoms with Crippen molar-refractivity contribution in [1.82, 2.24) is 10.6 Å². The normalized spacial score (nSPS) is 12.2. The van der Waals surface area contributed by atoms with Crippen LogP contribution in [0.1, 0.15) is 25.8 Å². The number of nitrogens with two attached hydrogens (primary N) is 1. The fourth-order valence-corrected chi connectivity index (χ4v) is 1.75. The van der Waals surface area contributed by atoms with Gasteiger partial charge in [-0.3, -0.25) is 0 Å². The molecular weight excluding hydrogens is 226 g/mol. The molecule has 4 N–H and O–H groups in total. The maximum Gasteiger partial charge on any atom is 0.315 e. The van der Waals surface area contributed by atoms with Crippen molar-refractivity contribution < 1.29 is 4.79 Å². The molecule has 1 unspecified atom stereocenters. The van der Waals surface area contributed by atoms with Gasteiger partial charge in [-0.1, -0.05) is 44.2 Å². The number of hydrogen-bond acceptors (Lipinski definition) is 2. The molecule has 0 saturated carbocycles. The highest BCUT2D eigenvalue weighted by Crippen LogP contribution is 2.01. The Kier molecular flexibility index (Phi) is 6.22. The molecule has 0 saturated heterocycles. The average Bonchev–Trinajstić information content (AvgIpc) is 2.34. The molecule has 4 heteroatoms. The fourth-order valence-electron chi connectivity index (χ4n) is 1.75. The van der Waals surface area contributed by atoms with Crippen molar-refractivity contribution >= 4 is 6.03 Å². The van der Waals surface area contributed by atoms with E-state index in [1.165, 1.54) is 0 Å². The van der Waals surface area contributed by atoms with E-state index in [1.807, 2.05) is 30.3 Å². The van der Waals surface area contributed by atoms with Crippen molar-refractivity contribution in [2.75, 3.05) is 6.54 Å². The zero-order valence-electron chi connectivity index (χ0n) is 11.1. The van der Waals surface area contributed by atoms with E-state index < -0.39 is 0 Å². The van der Waals surface area contributed by atoms with Crippen molar-refractivity contribution in [3.63, 3.8) is 0 Å². The van der Waals surface area contributed by atoms with Crippen LogP contribution >= 0.6 is 0 Å². The minimum atomic E-state index is -0.168. The second kappa shape index (κ2) is 7.71. The Bertz CT molecular complexity index is 351. The van der Waals surface area contributed by atoms with Crippen LogP contribution in [0.3, 0.4) is 0 Å². The summed E-state index contributed by atoms with van der Waals surface area (Å²) in [4.78, 5) is 11.5. The number of benzene rings is 1. The first-order valence-electron chi connectivity index (χ1n) is 6.39. The lowest BCUT2D eigenvalue weighted by Gasteiger charge is -2.15. The van der Waals surface area contributed by atoms with Crippen LogP contribution < -0.4 is 16.4 Å². The Morgan fingerprint density at radius 2 is 1.89 bits per heavy atom. The van der Waals surface area contributed by atoms with Gasteiger partial charge in [0.2, 0.25) is 0 Å². The SMILES string of the molecule is CC(C)CC(N)CNC(=O)NCc1ccccc1. The molecule has 0 aliphatic heterocycles. The van der Waals surface area contributed by atoms with Gasteiger partial charge in [-0.25, -0.2) is 4.79 Å². The van der Waals surface area contributed by atoms with E-state index in [1.54, 1.807) is 0 Å². The van der Waals surface area contributed by atoms with Crippen molar-refractivity contribution in [2.45, 2.75) is 32.9 Å². The first kappa shape index (κ1) is 14.5. The van der Waals surface area contributed by atoms with Crippen molar-refractivity contribution in [2.24, 2.45) is 11.7 Å². The summed E-state index contributed by atoms with van der Waals surface area (Å²) in [7, 11) is 0. The molecule has 0 radical (unpaired) electrons. The van der Waals surface area contributed by atoms with Crippen LogP contribution in [0.15, 0.2) is 30.3 Å². The Morgan fingerprint density at radius 3 is 2.50 bits per heavy atom. The summed E-state index contributed by atoms with van der Waals surface area (Å²) in [5.41, 5.74) is 6.97. The van der Waals surface area contributed by atoms with Gasteiger partial charge in [0.05, 0.1) is 0 Å². The highest BCUT2D eigenvalue weighted by Gasteiger charge is 2.07. The molecule has 100 valence electrons. The average molecular weight is 249 g/mol. The summed E-state index contributed by atoms with van der Waals surface area (Å²) < 4.78 is 0. The molecule has 4 nitrogen and oxygen atoms in total. The van der Waals surface area contributed by atoms with Crippen LogP contribution in [0.5, 0.6) is 0 Å². The van der Waals surface area contributed by atoms with Gasteiger partial charge < -0.3 is 16.4 Å². The lowest BCUT2D eigenvalue weighted by molar-refractivity contribution is 0.239. The number of urea groups is 1. The lowest BCUT2D eigenvalue weighted by Crippen LogP contribution is -2.42. The number of carbonyl (C=O) groups excluding carboxylic acids is 1. The topological polar surface area (TPSA) is 67.1 Å². The maximum atomic E-state index is 11.5. The van der Waals surface area contributed by atoms with E-state index in [4.69, 9.17) is 5.73 Å². The third kappa shape index (κ3) is 6.25. The lowest BCUT2D eigenvalue weighted by atomic mass is 10.0. The summed E-state index contributed by atoms with van der Waals surface area (Å²) >= 11 is 0. The van der Waals surface area contributed by atoms with Crippen LogP contribution in [0.25, 0.3) is 0 Å². The van der Waals surface area contributed by atoms with E-state index in [0.29, 0.717) is 19.0 Å². The van der Waals surface area contributed by atoms with Gasteiger partial charge in [-0.15, -0.1) is 0 Å². The monoisotopic (exact) mass is 249 g/mol. The van der Waals surface area contributed by atoms with Crippen molar-refractivity contribution in [1.29, 1.82) is 0 Å². The van der Waals surface area contributed by atoms with E-state index in [0.717, 1.165) is 12.0 Å². The largest absolute Gasteiger partial charge is 0.337 e. The minimum absolute atomic E-state index is 0.0208. The highest BCUT2D eigenvalue weighted by molar-refractivity contribution is 5.73. The van der Waals surface area contributed by atoms with Crippen LogP contribution in [-0.4, -0.2) is 18.6 Å². The summed E-state index contributed by atoms with van der Waals surface area (Å²) in [6.07, 6.45) is 0.916. The number of hydrogen-bond donors (Lipinski definition) is 3. The molecule has 0 bridgehead atoms. The van der Waals surface area contributed by atoms with Gasteiger partial charge in [0.1, 0.15) is 0 Å². The summed E-state index contributed by atoms with van der Waals surface area (Å²) in [5, 5.41) is 5.59. The number of rotatable bonds is 6. The number of carbonyl (C=O) groups is 1. The van der Waals surface area contributed by atoms with Gasteiger partial charge in [0.15, 0.2) is 0 Å². The van der Waals surface area contributed by atoms with Crippen LogP contribution in [0.4, 0.5) is 4.79 Å². The van der Waals surface area contributed by atoms with Gasteiger partial charge >= 0.3 is 6.03 Å². The van der Waals surface area contributed by atoms with Gasteiger partial charge in [-0.2, -0.15) is 0 Å². The van der Waals surface area contributed by atoms with E-state index in [-0.39, 0.29) is 12.1 Å². The standard InChI is InChI=1S/C14H23N3O/c1-11(2)8-13(15)10-17-14(18)16-9-12-6-4-3-5-7-12/h3-7,11,13H,8-10,15H2,1-2H3,(H2,16,17,18). The van der Waals surface area contributed by atoms with Crippen LogP contribution in [0.2, 0.25) is 0 Å². The smallest absolute Gasteiger partial charge is 0.315 e. The molecule has 2 amide bonds. The third-order valence-electron chi connectivity index (χ3n) is 2.59. The molecule has 1 aromatic carbocycles. The van der Waals surface area contributed by atoms with Crippen LogP contribution in [0, 0.1) is 5.92 Å². The predicted molar refractivity (Wildman–Crippen MR) is 74.1 cm³/mol. The highest BCUT2D eigenvalue weighted by atomic mass is 16.2. The first-order chi connectivity index (χ1) is 8.58. The molecule has 1 aromatic rings. The number of nitrogens with one attached hydrogen (secondary N) is 2. The predicted octanol–water partition coefficient (Wildman–Crippen LogP) is 1.86. The fraction of sp³-hybridized carbons (Fsp3) is 0.500. The Hall–Kier alpha value is -1.55. The van der Waals surface area contributed by atoms with Gasteiger partial charge in [-0.05, 0) is 17.9 Å². The summed E-state index contributed by atoms with van der Waals surface area (Å²) in [6, 6.07) is 9.66. The van der Waals surface area contributed by atoms with Gasteiger partial charge in [0, 0.05) is 19.1 Å². The molecule has 0 spiro atoms. The van der Waals surface area contributed by atoms with E-state index in [9.17, 15) is 4.79 Å². The molecule has 0 aliphatic rings. The van der Waals surface area contributed by atoms with Gasteiger partial charge in [0.25, 0.3) is 0 Å². The summed E-state index contributed by atoms with van der Waals surface area (Å²) in [6.45, 7) is 5.29. The Balaban J connectivity index is 2.18. The second-order valence-electron chi connectivity index (χ2n) is 4.94. The molecule has 0 aromatic heterocycles. The van der Waals surface area contributed by atoms with E-state index in [2.05, 4.69) is 24.5 Å². The zero-order chi connectivity index (χ0) is 13.4. The van der Waals surface area contributed by atoms with Crippen molar-refractivity contribution in [3.05, 3.63) is 35.9 Å². The zero-order valence-corrected chi connectivity index (χ0v) is 11.1. The summed E-state index contributed by atoms with van der Waals surface area (Å²) in [5.74, 6) is 0.550. The third-order valence-corrected chi connectivity index (χ3v) is 2.59. The van der Waals surface area contributed by atoms with Crippen molar-refractivity contribution in [3.8, 4) is 0 Å².